The monoisotopic (exact) mass is 195 g/mol. The zero-order chi connectivity index (χ0) is 10.6. The molecule has 1 N–H and O–H groups in total. The Kier molecular flexibility index (Phi) is 3.33. The van der Waals surface area contributed by atoms with Gasteiger partial charge in [-0.1, -0.05) is 5.57 Å². The number of carbonyl (C=O) groups is 1. The summed E-state index contributed by atoms with van der Waals surface area (Å²) in [5, 5.41) is 13.5. The van der Waals surface area contributed by atoms with Gasteiger partial charge >= 0.3 is 0 Å². The molecule has 0 radical (unpaired) electrons. The number of tetrazole rings is 1. The highest BCUT2D eigenvalue weighted by molar-refractivity contribution is 5.87. The van der Waals surface area contributed by atoms with Crippen LogP contribution in [0.1, 0.15) is 19.7 Å². The molecule has 1 rings (SSSR count). The number of allylic oxidation sites excluding steroid dienone is 1. The van der Waals surface area contributed by atoms with Crippen molar-refractivity contribution in [3.05, 3.63) is 17.5 Å². The first kappa shape index (κ1) is 10.4. The molecule has 0 saturated carbocycles. The van der Waals surface area contributed by atoms with Crippen LogP contribution in [0.15, 0.2) is 11.6 Å². The van der Waals surface area contributed by atoms with Gasteiger partial charge in [0.05, 0.1) is 6.54 Å². The smallest absolute Gasteiger partial charge is 0.244 e. The molecule has 0 atom stereocenters. The van der Waals surface area contributed by atoms with Crippen LogP contribution in [0.4, 0.5) is 0 Å². The topological polar surface area (TPSA) is 72.7 Å². The highest BCUT2D eigenvalue weighted by Gasteiger charge is 2.02. The predicted octanol–water partition coefficient (Wildman–Crippen LogP) is -0.208. The largest absolute Gasteiger partial charge is 0.345 e. The lowest BCUT2D eigenvalue weighted by Crippen LogP contribution is -2.22. The third-order valence-corrected chi connectivity index (χ3v) is 1.55. The molecule has 6 heteroatoms. The van der Waals surface area contributed by atoms with Crippen molar-refractivity contribution in [2.24, 2.45) is 7.05 Å². The fraction of sp³-hybridized carbons (Fsp3) is 0.500. The van der Waals surface area contributed by atoms with Gasteiger partial charge in [-0.05, 0) is 24.3 Å². The molecule has 0 aliphatic carbocycles. The molecule has 0 fully saturated rings. The Balaban J connectivity index is 2.46. The summed E-state index contributed by atoms with van der Waals surface area (Å²) in [6.45, 7) is 4.07. The zero-order valence-electron chi connectivity index (χ0n) is 8.48. The van der Waals surface area contributed by atoms with Crippen LogP contribution in [0.25, 0.3) is 0 Å². The highest BCUT2D eigenvalue weighted by Crippen LogP contribution is 1.90. The van der Waals surface area contributed by atoms with Crippen LogP contribution in [0.2, 0.25) is 0 Å². The second-order valence-corrected chi connectivity index (χ2v) is 3.16. The second-order valence-electron chi connectivity index (χ2n) is 3.16. The van der Waals surface area contributed by atoms with Crippen molar-refractivity contribution in [3.8, 4) is 0 Å². The van der Waals surface area contributed by atoms with Crippen molar-refractivity contribution < 1.29 is 4.79 Å². The van der Waals surface area contributed by atoms with Gasteiger partial charge in [-0.15, -0.1) is 5.10 Å². The molecule has 76 valence electrons. The van der Waals surface area contributed by atoms with E-state index in [1.165, 1.54) is 10.8 Å². The Morgan fingerprint density at radius 1 is 1.57 bits per heavy atom. The van der Waals surface area contributed by atoms with Crippen LogP contribution >= 0.6 is 0 Å². The first-order valence-electron chi connectivity index (χ1n) is 4.23. The quantitative estimate of drug-likeness (QED) is 0.677. The van der Waals surface area contributed by atoms with Crippen molar-refractivity contribution in [2.75, 3.05) is 0 Å². The normalized spacial score (nSPS) is 9.64. The van der Waals surface area contributed by atoms with Crippen LogP contribution in [0, 0.1) is 0 Å². The third-order valence-electron chi connectivity index (χ3n) is 1.55. The molecule has 1 amide bonds. The molecule has 0 aliphatic heterocycles. The Morgan fingerprint density at radius 2 is 2.29 bits per heavy atom. The molecule has 6 nitrogen and oxygen atoms in total. The van der Waals surface area contributed by atoms with E-state index in [9.17, 15) is 4.79 Å². The number of aromatic nitrogens is 4. The maximum atomic E-state index is 11.2. The average molecular weight is 195 g/mol. The number of hydrogen-bond donors (Lipinski definition) is 1. The van der Waals surface area contributed by atoms with Crippen LogP contribution in [0.5, 0.6) is 0 Å². The van der Waals surface area contributed by atoms with Crippen LogP contribution in [0.3, 0.4) is 0 Å². The van der Waals surface area contributed by atoms with E-state index >= 15 is 0 Å². The summed E-state index contributed by atoms with van der Waals surface area (Å²) < 4.78 is 1.52. The predicted molar refractivity (Wildman–Crippen MR) is 50.1 cm³/mol. The molecule has 1 heterocycles. The Hall–Kier alpha value is -1.72. The van der Waals surface area contributed by atoms with Crippen molar-refractivity contribution >= 4 is 5.91 Å². The summed E-state index contributed by atoms with van der Waals surface area (Å²) in [5.41, 5.74) is 0.957. The Bertz CT molecular complexity index is 350. The number of hydrogen-bond acceptors (Lipinski definition) is 4. The van der Waals surface area contributed by atoms with Gasteiger partial charge < -0.3 is 5.32 Å². The summed E-state index contributed by atoms with van der Waals surface area (Å²) in [6, 6.07) is 0. The maximum absolute atomic E-state index is 11.2. The van der Waals surface area contributed by atoms with Gasteiger partial charge in [-0.3, -0.25) is 4.79 Å². The number of nitrogens with zero attached hydrogens (tertiary/aromatic N) is 4. The summed E-state index contributed by atoms with van der Waals surface area (Å²) in [7, 11) is 1.72. The van der Waals surface area contributed by atoms with Crippen molar-refractivity contribution in [1.29, 1.82) is 0 Å². The van der Waals surface area contributed by atoms with Crippen molar-refractivity contribution in [3.63, 3.8) is 0 Å². The van der Waals surface area contributed by atoms with E-state index in [1.807, 2.05) is 13.8 Å². The Morgan fingerprint density at radius 3 is 2.79 bits per heavy atom. The Labute approximate surface area is 82.0 Å². The minimum Gasteiger partial charge on any atom is -0.345 e. The van der Waals surface area contributed by atoms with E-state index in [0.717, 1.165) is 5.57 Å². The van der Waals surface area contributed by atoms with Gasteiger partial charge in [0, 0.05) is 13.1 Å². The number of nitrogens with one attached hydrogen (secondary N) is 1. The molecular formula is C8H13N5O. The lowest BCUT2D eigenvalue weighted by Gasteiger charge is -2.00. The summed E-state index contributed by atoms with van der Waals surface area (Å²) in [6.07, 6.45) is 1.53. The lowest BCUT2D eigenvalue weighted by atomic mass is 10.3. The third kappa shape index (κ3) is 2.96. The maximum Gasteiger partial charge on any atom is 0.244 e. The molecular weight excluding hydrogens is 182 g/mol. The van der Waals surface area contributed by atoms with Gasteiger partial charge in [0.2, 0.25) is 5.91 Å². The number of carbonyl (C=O) groups excluding carboxylic acids is 1. The first-order chi connectivity index (χ1) is 6.59. The molecule has 1 aromatic rings. The van der Waals surface area contributed by atoms with Crippen molar-refractivity contribution in [1.82, 2.24) is 25.5 Å². The summed E-state index contributed by atoms with van der Waals surface area (Å²) in [5.74, 6) is 0.494. The zero-order valence-corrected chi connectivity index (χ0v) is 8.48. The van der Waals surface area contributed by atoms with Gasteiger partial charge in [-0.25, -0.2) is 4.68 Å². The molecule has 0 spiro atoms. The number of rotatable bonds is 3. The number of amides is 1. The van der Waals surface area contributed by atoms with Gasteiger partial charge in [0.15, 0.2) is 5.82 Å². The molecule has 1 aromatic heterocycles. The fourth-order valence-corrected chi connectivity index (χ4v) is 0.877. The van der Waals surface area contributed by atoms with E-state index in [2.05, 4.69) is 20.8 Å². The van der Waals surface area contributed by atoms with Crippen LogP contribution in [-0.2, 0) is 18.4 Å². The molecule has 0 bridgehead atoms. The van der Waals surface area contributed by atoms with Crippen LogP contribution < -0.4 is 5.32 Å². The summed E-state index contributed by atoms with van der Waals surface area (Å²) >= 11 is 0. The highest BCUT2D eigenvalue weighted by atomic mass is 16.1. The standard InChI is InChI=1S/C8H13N5O/c1-6(2)4-8(14)9-5-7-10-11-12-13(7)3/h4H,5H2,1-3H3,(H,9,14). The van der Waals surface area contributed by atoms with Gasteiger partial charge in [0.1, 0.15) is 0 Å². The fourth-order valence-electron chi connectivity index (χ4n) is 0.877. The van der Waals surface area contributed by atoms with E-state index < -0.39 is 0 Å². The average Bonchev–Trinajstić information content (AvgIpc) is 2.46. The SMILES string of the molecule is CC(C)=CC(=O)NCc1nnnn1C. The molecule has 0 aromatic carbocycles. The molecule has 14 heavy (non-hydrogen) atoms. The van der Waals surface area contributed by atoms with E-state index in [-0.39, 0.29) is 5.91 Å². The number of aryl methyl sites for hydroxylation is 1. The van der Waals surface area contributed by atoms with Crippen molar-refractivity contribution in [2.45, 2.75) is 20.4 Å². The van der Waals surface area contributed by atoms with Crippen LogP contribution in [-0.4, -0.2) is 26.1 Å². The molecule has 0 saturated heterocycles. The molecule has 0 aliphatic rings. The van der Waals surface area contributed by atoms with E-state index in [1.54, 1.807) is 7.05 Å². The van der Waals surface area contributed by atoms with E-state index in [4.69, 9.17) is 0 Å². The van der Waals surface area contributed by atoms with Gasteiger partial charge in [-0.2, -0.15) is 0 Å². The summed E-state index contributed by atoms with van der Waals surface area (Å²) in [4.78, 5) is 11.2. The minimum absolute atomic E-state index is 0.131. The van der Waals surface area contributed by atoms with Gasteiger partial charge in [0.25, 0.3) is 0 Å². The molecule has 0 unspecified atom stereocenters. The second kappa shape index (κ2) is 4.50. The lowest BCUT2D eigenvalue weighted by molar-refractivity contribution is -0.116. The van der Waals surface area contributed by atoms with E-state index in [0.29, 0.717) is 12.4 Å². The minimum atomic E-state index is -0.131. The first-order valence-corrected chi connectivity index (χ1v) is 4.23.